The molecule has 7 heteroatoms. The van der Waals surface area contributed by atoms with E-state index < -0.39 is 0 Å². The van der Waals surface area contributed by atoms with Crippen LogP contribution in [0.4, 0.5) is 0 Å². The van der Waals surface area contributed by atoms with Crippen LogP contribution >= 0.6 is 0 Å². The number of benzene rings is 1. The van der Waals surface area contributed by atoms with E-state index >= 15 is 0 Å². The molecular weight excluding hydrogens is 330 g/mol. The van der Waals surface area contributed by atoms with Crippen LogP contribution in [0.3, 0.4) is 0 Å². The molecule has 26 heavy (non-hydrogen) atoms. The number of piperidine rings is 1. The summed E-state index contributed by atoms with van der Waals surface area (Å²) in [5, 5.41) is 12.0. The Hall–Kier alpha value is -2.25. The number of carbonyl (C=O) groups is 1. The van der Waals surface area contributed by atoms with Crippen molar-refractivity contribution in [3.63, 3.8) is 0 Å². The number of aromatic nitrogens is 3. The molecule has 2 aliphatic rings. The van der Waals surface area contributed by atoms with Crippen LogP contribution in [0.2, 0.25) is 0 Å². The number of carbonyl (C=O) groups excluding carboxylic acids is 1. The molecule has 1 aromatic heterocycles. The predicted molar refractivity (Wildman–Crippen MR) is 96.4 cm³/mol. The standard InChI is InChI=1S/C19H25N5O2/c25-18(14-26-13-15-4-2-1-3-5-15)23-9-6-16(7-10-23)19-22-21-17-12-20-8-11-24(17)19/h1-5,16,20H,6-14H2. The third-order valence-corrected chi connectivity index (χ3v) is 5.20. The van der Waals surface area contributed by atoms with Gasteiger partial charge in [0.05, 0.1) is 13.2 Å². The number of amides is 1. The van der Waals surface area contributed by atoms with Gasteiger partial charge in [-0.2, -0.15) is 0 Å². The molecule has 1 aromatic carbocycles. The Bertz CT molecular complexity index is 738. The first kappa shape index (κ1) is 17.2. The lowest BCUT2D eigenvalue weighted by molar-refractivity contribution is -0.137. The summed E-state index contributed by atoms with van der Waals surface area (Å²) >= 11 is 0. The molecule has 1 amide bonds. The highest BCUT2D eigenvalue weighted by atomic mass is 16.5. The fourth-order valence-electron chi connectivity index (χ4n) is 3.73. The third kappa shape index (κ3) is 3.78. The van der Waals surface area contributed by atoms with Gasteiger partial charge in [0.25, 0.3) is 0 Å². The molecule has 2 aromatic rings. The normalized spacial score (nSPS) is 17.9. The Morgan fingerprint density at radius 3 is 2.77 bits per heavy atom. The van der Waals surface area contributed by atoms with E-state index in [-0.39, 0.29) is 12.5 Å². The molecule has 0 bridgehead atoms. The first-order valence-corrected chi connectivity index (χ1v) is 9.33. The van der Waals surface area contributed by atoms with Gasteiger partial charge in [0, 0.05) is 32.1 Å². The van der Waals surface area contributed by atoms with Gasteiger partial charge in [0.1, 0.15) is 18.3 Å². The predicted octanol–water partition coefficient (Wildman–Crippen LogP) is 1.30. The summed E-state index contributed by atoms with van der Waals surface area (Å²) in [6.45, 7) is 4.84. The van der Waals surface area contributed by atoms with Crippen molar-refractivity contribution in [1.29, 1.82) is 0 Å². The first-order chi connectivity index (χ1) is 12.8. The summed E-state index contributed by atoms with van der Waals surface area (Å²) < 4.78 is 7.84. The van der Waals surface area contributed by atoms with E-state index in [0.717, 1.165) is 62.8 Å². The third-order valence-electron chi connectivity index (χ3n) is 5.20. The molecule has 7 nitrogen and oxygen atoms in total. The van der Waals surface area contributed by atoms with E-state index in [0.29, 0.717) is 12.5 Å². The minimum absolute atomic E-state index is 0.0758. The quantitative estimate of drug-likeness (QED) is 0.875. The second-order valence-electron chi connectivity index (χ2n) is 6.94. The maximum absolute atomic E-state index is 12.4. The van der Waals surface area contributed by atoms with E-state index in [2.05, 4.69) is 20.1 Å². The zero-order valence-corrected chi connectivity index (χ0v) is 14.9. The lowest BCUT2D eigenvalue weighted by Crippen LogP contribution is -2.40. The Morgan fingerprint density at radius 1 is 1.15 bits per heavy atom. The van der Waals surface area contributed by atoms with Crippen LogP contribution in [-0.2, 0) is 29.2 Å². The number of rotatable bonds is 5. The van der Waals surface area contributed by atoms with Crippen molar-refractivity contribution in [1.82, 2.24) is 25.0 Å². The maximum Gasteiger partial charge on any atom is 0.248 e. The molecule has 138 valence electrons. The summed E-state index contributed by atoms with van der Waals surface area (Å²) in [7, 11) is 0. The lowest BCUT2D eigenvalue weighted by atomic mass is 9.95. The topological polar surface area (TPSA) is 72.3 Å². The summed E-state index contributed by atoms with van der Waals surface area (Å²) in [6, 6.07) is 9.94. The zero-order valence-electron chi connectivity index (χ0n) is 14.9. The fraction of sp³-hybridized carbons (Fsp3) is 0.526. The molecule has 0 radical (unpaired) electrons. The molecule has 1 saturated heterocycles. The fourth-order valence-corrected chi connectivity index (χ4v) is 3.73. The molecule has 1 fully saturated rings. The van der Waals surface area contributed by atoms with Gasteiger partial charge in [-0.1, -0.05) is 30.3 Å². The molecular formula is C19H25N5O2. The summed E-state index contributed by atoms with van der Waals surface area (Å²) in [5.41, 5.74) is 1.09. The van der Waals surface area contributed by atoms with E-state index in [1.54, 1.807) is 0 Å². The number of fused-ring (bicyclic) bond motifs is 1. The molecule has 0 aliphatic carbocycles. The largest absolute Gasteiger partial charge is 0.367 e. The van der Waals surface area contributed by atoms with E-state index in [1.165, 1.54) is 0 Å². The van der Waals surface area contributed by atoms with Gasteiger partial charge < -0.3 is 19.5 Å². The number of nitrogens with one attached hydrogen (secondary N) is 1. The average molecular weight is 355 g/mol. The van der Waals surface area contributed by atoms with Crippen LogP contribution in [0.1, 0.15) is 36.0 Å². The zero-order chi connectivity index (χ0) is 17.8. The van der Waals surface area contributed by atoms with Gasteiger partial charge in [-0.05, 0) is 18.4 Å². The van der Waals surface area contributed by atoms with Crippen LogP contribution < -0.4 is 5.32 Å². The van der Waals surface area contributed by atoms with Crippen molar-refractivity contribution in [2.75, 3.05) is 26.2 Å². The average Bonchev–Trinajstić information content (AvgIpc) is 3.13. The van der Waals surface area contributed by atoms with Gasteiger partial charge in [0.15, 0.2) is 0 Å². The Balaban J connectivity index is 1.25. The van der Waals surface area contributed by atoms with Crippen LogP contribution in [0.15, 0.2) is 30.3 Å². The second-order valence-corrected chi connectivity index (χ2v) is 6.94. The molecule has 0 saturated carbocycles. The number of hydrogen-bond donors (Lipinski definition) is 1. The van der Waals surface area contributed by atoms with Crippen molar-refractivity contribution in [3.8, 4) is 0 Å². The summed E-state index contributed by atoms with van der Waals surface area (Å²) in [6.07, 6.45) is 1.88. The molecule has 0 spiro atoms. The highest BCUT2D eigenvalue weighted by molar-refractivity contribution is 5.77. The number of ether oxygens (including phenoxy) is 1. The molecule has 1 N–H and O–H groups in total. The van der Waals surface area contributed by atoms with Crippen LogP contribution in [0, 0.1) is 0 Å². The van der Waals surface area contributed by atoms with Gasteiger partial charge in [0.2, 0.25) is 5.91 Å². The molecule has 0 unspecified atom stereocenters. The minimum atomic E-state index is 0.0758. The number of hydrogen-bond acceptors (Lipinski definition) is 5. The Kier molecular flexibility index (Phi) is 5.26. The van der Waals surface area contributed by atoms with Crippen molar-refractivity contribution in [3.05, 3.63) is 47.5 Å². The molecule has 4 rings (SSSR count). The van der Waals surface area contributed by atoms with Gasteiger partial charge >= 0.3 is 0 Å². The van der Waals surface area contributed by atoms with Gasteiger partial charge in [-0.3, -0.25) is 4.79 Å². The van der Waals surface area contributed by atoms with Crippen LogP contribution in [-0.4, -0.2) is 51.8 Å². The highest BCUT2D eigenvalue weighted by Gasteiger charge is 2.28. The SMILES string of the molecule is O=C(COCc1ccccc1)N1CCC(c2nnc3n2CCNC3)CC1. The van der Waals surface area contributed by atoms with E-state index in [9.17, 15) is 4.79 Å². The minimum Gasteiger partial charge on any atom is -0.367 e. The molecule has 0 atom stereocenters. The second kappa shape index (κ2) is 7.97. The van der Waals surface area contributed by atoms with Crippen molar-refractivity contribution < 1.29 is 9.53 Å². The summed E-state index contributed by atoms with van der Waals surface area (Å²) in [4.78, 5) is 14.3. The van der Waals surface area contributed by atoms with E-state index in [4.69, 9.17) is 4.74 Å². The Morgan fingerprint density at radius 2 is 1.96 bits per heavy atom. The van der Waals surface area contributed by atoms with E-state index in [1.807, 2.05) is 35.2 Å². The van der Waals surface area contributed by atoms with Gasteiger partial charge in [-0.25, -0.2) is 0 Å². The lowest BCUT2D eigenvalue weighted by Gasteiger charge is -2.32. The smallest absolute Gasteiger partial charge is 0.248 e. The monoisotopic (exact) mass is 355 g/mol. The van der Waals surface area contributed by atoms with Crippen molar-refractivity contribution in [2.45, 2.75) is 38.5 Å². The number of nitrogens with zero attached hydrogens (tertiary/aromatic N) is 4. The maximum atomic E-state index is 12.4. The first-order valence-electron chi connectivity index (χ1n) is 9.33. The van der Waals surface area contributed by atoms with Crippen LogP contribution in [0.25, 0.3) is 0 Å². The highest BCUT2D eigenvalue weighted by Crippen LogP contribution is 2.27. The van der Waals surface area contributed by atoms with Gasteiger partial charge in [-0.15, -0.1) is 10.2 Å². The van der Waals surface area contributed by atoms with Crippen molar-refractivity contribution >= 4 is 5.91 Å². The molecule has 2 aliphatic heterocycles. The van der Waals surface area contributed by atoms with Crippen molar-refractivity contribution in [2.24, 2.45) is 0 Å². The number of likely N-dealkylation sites (tertiary alicyclic amines) is 1. The van der Waals surface area contributed by atoms with Crippen LogP contribution in [0.5, 0.6) is 0 Å². The summed E-state index contributed by atoms with van der Waals surface area (Å²) in [5.74, 6) is 2.59. The molecule has 3 heterocycles. The Labute approximate surface area is 153 Å².